The summed E-state index contributed by atoms with van der Waals surface area (Å²) in [5.41, 5.74) is -0.673. The fraction of sp³-hybridized carbons (Fsp3) is 0.750. The molecule has 1 aromatic heterocycles. The lowest BCUT2D eigenvalue weighted by Gasteiger charge is -2.41. The third kappa shape index (κ3) is 4.18. The van der Waals surface area contributed by atoms with Crippen molar-refractivity contribution in [1.29, 1.82) is 0 Å². The Bertz CT molecular complexity index is 642. The number of carbonyl (C=O) groups is 2. The summed E-state index contributed by atoms with van der Waals surface area (Å²) in [6, 6.07) is 1.86. The van der Waals surface area contributed by atoms with Crippen molar-refractivity contribution in [3.63, 3.8) is 0 Å². The van der Waals surface area contributed by atoms with Gasteiger partial charge in [0.1, 0.15) is 5.54 Å². The Labute approximate surface area is 160 Å². The summed E-state index contributed by atoms with van der Waals surface area (Å²) < 4.78 is 7.19. The topological polar surface area (TPSA) is 76.5 Å². The second kappa shape index (κ2) is 8.00. The molecule has 2 saturated heterocycles. The van der Waals surface area contributed by atoms with Gasteiger partial charge in [-0.15, -0.1) is 0 Å². The van der Waals surface area contributed by atoms with Crippen LogP contribution in [0.3, 0.4) is 0 Å². The van der Waals surface area contributed by atoms with E-state index in [1.165, 1.54) is 12.8 Å². The van der Waals surface area contributed by atoms with Gasteiger partial charge >= 0.3 is 0 Å². The van der Waals surface area contributed by atoms with Crippen molar-refractivity contribution < 1.29 is 14.3 Å². The molecule has 2 amide bonds. The molecule has 1 aromatic rings. The zero-order valence-electron chi connectivity index (χ0n) is 15.9. The first-order valence-corrected chi connectivity index (χ1v) is 10.3. The zero-order valence-corrected chi connectivity index (χ0v) is 15.9. The monoisotopic (exact) mass is 374 g/mol. The molecule has 7 heteroatoms. The van der Waals surface area contributed by atoms with Gasteiger partial charge in [-0.05, 0) is 56.4 Å². The third-order valence-corrected chi connectivity index (χ3v) is 6.36. The number of rotatable bonds is 6. The average molecular weight is 374 g/mol. The molecule has 27 heavy (non-hydrogen) atoms. The molecule has 0 aromatic carbocycles. The van der Waals surface area contributed by atoms with E-state index in [0.29, 0.717) is 44.2 Å². The van der Waals surface area contributed by atoms with E-state index < -0.39 is 5.54 Å². The van der Waals surface area contributed by atoms with Crippen LogP contribution in [0.4, 0.5) is 0 Å². The highest BCUT2D eigenvalue weighted by atomic mass is 16.5. The molecule has 4 rings (SSSR count). The van der Waals surface area contributed by atoms with Crippen molar-refractivity contribution in [2.45, 2.75) is 50.5 Å². The van der Waals surface area contributed by atoms with E-state index in [1.807, 2.05) is 17.2 Å². The summed E-state index contributed by atoms with van der Waals surface area (Å²) in [6.07, 6.45) is 9.80. The lowest BCUT2D eigenvalue weighted by Crippen LogP contribution is -2.56. The highest BCUT2D eigenvalue weighted by Gasteiger charge is 2.44. The summed E-state index contributed by atoms with van der Waals surface area (Å²) in [5, 5.41) is 7.51. The number of ether oxygens (including phenoxy) is 1. The van der Waals surface area contributed by atoms with Crippen LogP contribution in [0.25, 0.3) is 0 Å². The maximum atomic E-state index is 13.1. The first kappa shape index (κ1) is 18.5. The number of aromatic nitrogens is 2. The number of likely N-dealkylation sites (tertiary alicyclic amines) is 1. The van der Waals surface area contributed by atoms with Crippen LogP contribution in [0.2, 0.25) is 0 Å². The van der Waals surface area contributed by atoms with E-state index in [2.05, 4.69) is 10.4 Å². The maximum Gasteiger partial charge on any atom is 0.248 e. The van der Waals surface area contributed by atoms with Gasteiger partial charge in [0.25, 0.3) is 0 Å². The molecule has 3 aliphatic rings. The predicted octanol–water partition coefficient (Wildman–Crippen LogP) is 1.54. The number of carbonyl (C=O) groups excluding carboxylic acids is 2. The van der Waals surface area contributed by atoms with Crippen LogP contribution in [-0.4, -0.2) is 59.3 Å². The van der Waals surface area contributed by atoms with Crippen LogP contribution in [0, 0.1) is 11.8 Å². The highest BCUT2D eigenvalue weighted by Crippen LogP contribution is 2.32. The summed E-state index contributed by atoms with van der Waals surface area (Å²) in [5.74, 6) is 1.35. The summed E-state index contributed by atoms with van der Waals surface area (Å²) >= 11 is 0. The minimum atomic E-state index is -0.673. The summed E-state index contributed by atoms with van der Waals surface area (Å²) in [4.78, 5) is 27.7. The second-order valence-electron chi connectivity index (χ2n) is 8.28. The Morgan fingerprint density at radius 3 is 2.48 bits per heavy atom. The SMILES string of the molecule is O=C(CC1CCOCC1)N1CCC(C(=O)NCC2CC2)(n2cccn2)CC1. The molecular weight excluding hydrogens is 344 g/mol. The van der Waals surface area contributed by atoms with E-state index in [-0.39, 0.29) is 11.8 Å². The molecule has 0 spiro atoms. The average Bonchev–Trinajstić information content (AvgIpc) is 3.37. The number of amides is 2. The van der Waals surface area contributed by atoms with E-state index >= 15 is 0 Å². The second-order valence-corrected chi connectivity index (χ2v) is 8.28. The fourth-order valence-electron chi connectivity index (χ4n) is 4.26. The van der Waals surface area contributed by atoms with E-state index in [4.69, 9.17) is 4.74 Å². The Morgan fingerprint density at radius 1 is 1.11 bits per heavy atom. The molecule has 2 aliphatic heterocycles. The largest absolute Gasteiger partial charge is 0.381 e. The van der Waals surface area contributed by atoms with Crippen molar-refractivity contribution >= 4 is 11.8 Å². The first-order chi connectivity index (χ1) is 13.2. The molecule has 3 heterocycles. The maximum absolute atomic E-state index is 13.1. The summed E-state index contributed by atoms with van der Waals surface area (Å²) in [7, 11) is 0. The van der Waals surface area contributed by atoms with Gasteiger partial charge in [0.05, 0.1) is 0 Å². The van der Waals surface area contributed by atoms with Gasteiger partial charge in [-0.3, -0.25) is 14.3 Å². The van der Waals surface area contributed by atoms with Gasteiger partial charge < -0.3 is 15.0 Å². The van der Waals surface area contributed by atoms with Gasteiger partial charge in [0, 0.05) is 51.7 Å². The lowest BCUT2D eigenvalue weighted by molar-refractivity contribution is -0.141. The molecule has 148 valence electrons. The summed E-state index contributed by atoms with van der Waals surface area (Å²) in [6.45, 7) is 3.51. The molecule has 0 bridgehead atoms. The number of nitrogens with zero attached hydrogens (tertiary/aromatic N) is 3. The van der Waals surface area contributed by atoms with Gasteiger partial charge in [-0.1, -0.05) is 0 Å². The van der Waals surface area contributed by atoms with Crippen LogP contribution < -0.4 is 5.32 Å². The quantitative estimate of drug-likeness (QED) is 0.820. The molecule has 3 fully saturated rings. The molecule has 7 nitrogen and oxygen atoms in total. The Balaban J connectivity index is 1.38. The lowest BCUT2D eigenvalue weighted by atomic mass is 9.85. The third-order valence-electron chi connectivity index (χ3n) is 6.36. The number of piperidine rings is 1. The van der Waals surface area contributed by atoms with Crippen molar-refractivity contribution in [3.8, 4) is 0 Å². The van der Waals surface area contributed by atoms with Gasteiger partial charge in [0.2, 0.25) is 11.8 Å². The van der Waals surface area contributed by atoms with Crippen molar-refractivity contribution in [1.82, 2.24) is 20.0 Å². The van der Waals surface area contributed by atoms with Gasteiger partial charge in [0.15, 0.2) is 0 Å². The predicted molar refractivity (Wildman–Crippen MR) is 99.9 cm³/mol. The minimum Gasteiger partial charge on any atom is -0.381 e. The number of hydrogen-bond donors (Lipinski definition) is 1. The van der Waals surface area contributed by atoms with Crippen LogP contribution in [-0.2, 0) is 19.9 Å². The van der Waals surface area contributed by atoms with Crippen molar-refractivity contribution in [3.05, 3.63) is 18.5 Å². The van der Waals surface area contributed by atoms with Gasteiger partial charge in [-0.25, -0.2) is 0 Å². The molecule has 1 N–H and O–H groups in total. The zero-order chi connectivity index (χ0) is 18.7. The molecular formula is C20H30N4O3. The van der Waals surface area contributed by atoms with Crippen molar-refractivity contribution in [2.75, 3.05) is 32.8 Å². The fourth-order valence-corrected chi connectivity index (χ4v) is 4.26. The smallest absolute Gasteiger partial charge is 0.248 e. The number of hydrogen-bond acceptors (Lipinski definition) is 4. The van der Waals surface area contributed by atoms with Crippen LogP contribution >= 0.6 is 0 Å². The Kier molecular flexibility index (Phi) is 5.48. The van der Waals surface area contributed by atoms with Crippen LogP contribution in [0.1, 0.15) is 44.9 Å². The number of nitrogens with one attached hydrogen (secondary N) is 1. The molecule has 0 atom stereocenters. The van der Waals surface area contributed by atoms with Crippen LogP contribution in [0.5, 0.6) is 0 Å². The first-order valence-electron chi connectivity index (χ1n) is 10.3. The molecule has 1 aliphatic carbocycles. The normalized spacial score (nSPS) is 23.2. The molecule has 1 saturated carbocycles. The molecule has 0 unspecified atom stereocenters. The Morgan fingerprint density at radius 2 is 1.85 bits per heavy atom. The molecule has 0 radical (unpaired) electrons. The van der Waals surface area contributed by atoms with E-state index in [9.17, 15) is 9.59 Å². The van der Waals surface area contributed by atoms with Crippen molar-refractivity contribution in [2.24, 2.45) is 11.8 Å². The van der Waals surface area contributed by atoms with E-state index in [0.717, 1.165) is 32.6 Å². The van der Waals surface area contributed by atoms with Gasteiger partial charge in [-0.2, -0.15) is 5.10 Å². The minimum absolute atomic E-state index is 0.0506. The standard InChI is InChI=1S/C20H30N4O3/c25-18(14-16-4-12-27-13-5-16)23-10-6-20(7-11-23,24-9-1-8-22-24)19(26)21-15-17-2-3-17/h1,8-9,16-17H,2-7,10-15H2,(H,21,26). The van der Waals surface area contributed by atoms with Crippen LogP contribution in [0.15, 0.2) is 18.5 Å². The highest BCUT2D eigenvalue weighted by molar-refractivity contribution is 5.85. The Hall–Kier alpha value is -1.89. The van der Waals surface area contributed by atoms with E-state index in [1.54, 1.807) is 10.9 Å².